The number of amides is 1. The number of aryl methyl sites for hydroxylation is 1. The van der Waals surface area contributed by atoms with Crippen molar-refractivity contribution in [1.82, 2.24) is 4.90 Å². The summed E-state index contributed by atoms with van der Waals surface area (Å²) in [5.41, 5.74) is 6.63. The molecule has 0 bridgehead atoms. The van der Waals surface area contributed by atoms with Gasteiger partial charge in [0.1, 0.15) is 0 Å². The SMILES string of the molecule is CO[C@@H]1CCN(C(=O)c2occc2C)[C@H](CN)C1. The Morgan fingerprint density at radius 2 is 2.44 bits per heavy atom. The van der Waals surface area contributed by atoms with E-state index in [-0.39, 0.29) is 18.1 Å². The summed E-state index contributed by atoms with van der Waals surface area (Å²) in [7, 11) is 1.70. The van der Waals surface area contributed by atoms with Crippen molar-refractivity contribution in [2.24, 2.45) is 5.73 Å². The van der Waals surface area contributed by atoms with Crippen LogP contribution in [0.5, 0.6) is 0 Å². The molecule has 0 aliphatic carbocycles. The molecule has 1 amide bonds. The minimum atomic E-state index is -0.0671. The second-order valence-corrected chi connectivity index (χ2v) is 4.70. The number of hydrogen-bond donors (Lipinski definition) is 1. The summed E-state index contributed by atoms with van der Waals surface area (Å²) < 4.78 is 10.6. The fraction of sp³-hybridized carbons (Fsp3) is 0.615. The predicted octanol–water partition coefficient (Wildman–Crippen LogP) is 1.17. The molecule has 5 heteroatoms. The van der Waals surface area contributed by atoms with Crippen molar-refractivity contribution < 1.29 is 13.9 Å². The average molecular weight is 252 g/mol. The average Bonchev–Trinajstić information content (AvgIpc) is 2.83. The predicted molar refractivity (Wildman–Crippen MR) is 67.4 cm³/mol. The van der Waals surface area contributed by atoms with E-state index in [9.17, 15) is 4.79 Å². The molecule has 0 saturated carbocycles. The lowest BCUT2D eigenvalue weighted by atomic mass is 9.98. The number of piperidine rings is 1. The van der Waals surface area contributed by atoms with Gasteiger partial charge in [0.2, 0.25) is 0 Å². The molecule has 1 aromatic rings. The van der Waals surface area contributed by atoms with E-state index in [1.54, 1.807) is 24.3 Å². The van der Waals surface area contributed by atoms with Crippen LogP contribution in [-0.4, -0.2) is 43.2 Å². The molecular formula is C13H20N2O3. The lowest BCUT2D eigenvalue weighted by Gasteiger charge is -2.38. The third-order valence-electron chi connectivity index (χ3n) is 3.59. The third-order valence-corrected chi connectivity index (χ3v) is 3.59. The minimum Gasteiger partial charge on any atom is -0.459 e. The highest BCUT2D eigenvalue weighted by Crippen LogP contribution is 2.22. The first kappa shape index (κ1) is 13.1. The molecule has 1 fully saturated rings. The van der Waals surface area contributed by atoms with Crippen molar-refractivity contribution in [3.8, 4) is 0 Å². The molecular weight excluding hydrogens is 232 g/mol. The zero-order chi connectivity index (χ0) is 13.1. The van der Waals surface area contributed by atoms with Crippen LogP contribution >= 0.6 is 0 Å². The Bertz CT molecular complexity index is 416. The van der Waals surface area contributed by atoms with Crippen LogP contribution < -0.4 is 5.73 Å². The van der Waals surface area contributed by atoms with Crippen LogP contribution in [-0.2, 0) is 4.74 Å². The molecule has 5 nitrogen and oxygen atoms in total. The molecule has 1 aliphatic heterocycles. The Kier molecular flexibility index (Phi) is 4.04. The number of likely N-dealkylation sites (tertiary alicyclic amines) is 1. The zero-order valence-corrected chi connectivity index (χ0v) is 10.9. The van der Waals surface area contributed by atoms with Crippen molar-refractivity contribution in [2.45, 2.75) is 31.9 Å². The topological polar surface area (TPSA) is 68.7 Å². The maximum atomic E-state index is 12.4. The van der Waals surface area contributed by atoms with Crippen LogP contribution in [0.4, 0.5) is 0 Å². The van der Waals surface area contributed by atoms with Crippen molar-refractivity contribution in [3.05, 3.63) is 23.7 Å². The number of carbonyl (C=O) groups excluding carboxylic acids is 1. The fourth-order valence-electron chi connectivity index (χ4n) is 2.44. The normalized spacial score (nSPS) is 24.3. The Morgan fingerprint density at radius 1 is 1.67 bits per heavy atom. The van der Waals surface area contributed by atoms with E-state index in [2.05, 4.69) is 0 Å². The Balaban J connectivity index is 2.13. The number of methoxy groups -OCH3 is 1. The number of carbonyl (C=O) groups is 1. The van der Waals surface area contributed by atoms with Gasteiger partial charge in [0, 0.05) is 31.8 Å². The first-order valence-electron chi connectivity index (χ1n) is 6.25. The lowest BCUT2D eigenvalue weighted by Crippen LogP contribution is -2.51. The molecule has 1 saturated heterocycles. The van der Waals surface area contributed by atoms with Gasteiger partial charge in [0.25, 0.3) is 5.91 Å². The second-order valence-electron chi connectivity index (χ2n) is 4.70. The van der Waals surface area contributed by atoms with E-state index in [1.807, 2.05) is 6.92 Å². The maximum Gasteiger partial charge on any atom is 0.290 e. The van der Waals surface area contributed by atoms with Gasteiger partial charge in [-0.05, 0) is 25.8 Å². The van der Waals surface area contributed by atoms with Crippen LogP contribution in [0.2, 0.25) is 0 Å². The van der Waals surface area contributed by atoms with E-state index in [4.69, 9.17) is 14.9 Å². The molecule has 0 spiro atoms. The van der Waals surface area contributed by atoms with Crippen LogP contribution in [0.15, 0.2) is 16.7 Å². The standard InChI is InChI=1S/C13H20N2O3/c1-9-4-6-18-12(9)13(16)15-5-3-11(17-2)7-10(15)8-14/h4,6,10-11H,3,5,7-8,14H2,1-2H3/t10-,11+/m0/s1. The maximum absolute atomic E-state index is 12.4. The van der Waals surface area contributed by atoms with Crippen molar-refractivity contribution in [1.29, 1.82) is 0 Å². The molecule has 2 atom stereocenters. The fourth-order valence-corrected chi connectivity index (χ4v) is 2.44. The van der Waals surface area contributed by atoms with Crippen LogP contribution in [0, 0.1) is 6.92 Å². The highest BCUT2D eigenvalue weighted by Gasteiger charge is 2.32. The first-order chi connectivity index (χ1) is 8.67. The van der Waals surface area contributed by atoms with Gasteiger partial charge in [-0.25, -0.2) is 0 Å². The number of nitrogens with two attached hydrogens (primary N) is 1. The van der Waals surface area contributed by atoms with E-state index in [0.29, 0.717) is 18.8 Å². The first-order valence-corrected chi connectivity index (χ1v) is 6.25. The minimum absolute atomic E-state index is 0.0284. The summed E-state index contributed by atoms with van der Waals surface area (Å²) in [5.74, 6) is 0.354. The zero-order valence-electron chi connectivity index (χ0n) is 10.9. The van der Waals surface area contributed by atoms with E-state index >= 15 is 0 Å². The van der Waals surface area contributed by atoms with E-state index < -0.39 is 0 Å². The summed E-state index contributed by atoms with van der Waals surface area (Å²) in [6, 6.07) is 1.83. The molecule has 2 heterocycles. The molecule has 2 N–H and O–H groups in total. The smallest absolute Gasteiger partial charge is 0.290 e. The van der Waals surface area contributed by atoms with Gasteiger partial charge in [-0.2, -0.15) is 0 Å². The largest absolute Gasteiger partial charge is 0.459 e. The van der Waals surface area contributed by atoms with Gasteiger partial charge in [-0.1, -0.05) is 0 Å². The summed E-state index contributed by atoms with van der Waals surface area (Å²) >= 11 is 0. The molecule has 1 aromatic heterocycles. The molecule has 100 valence electrons. The van der Waals surface area contributed by atoms with Crippen LogP contribution in [0.1, 0.15) is 29.0 Å². The van der Waals surface area contributed by atoms with Gasteiger partial charge < -0.3 is 19.8 Å². The van der Waals surface area contributed by atoms with Crippen molar-refractivity contribution in [3.63, 3.8) is 0 Å². The van der Waals surface area contributed by atoms with E-state index in [1.165, 1.54) is 0 Å². The second kappa shape index (κ2) is 5.54. The molecule has 0 unspecified atom stereocenters. The molecule has 2 rings (SSSR count). The number of rotatable bonds is 3. The highest BCUT2D eigenvalue weighted by atomic mass is 16.5. The van der Waals surface area contributed by atoms with Crippen LogP contribution in [0.25, 0.3) is 0 Å². The monoisotopic (exact) mass is 252 g/mol. The lowest BCUT2D eigenvalue weighted by molar-refractivity contribution is 0.0124. The number of hydrogen-bond acceptors (Lipinski definition) is 4. The summed E-state index contributed by atoms with van der Waals surface area (Å²) in [4.78, 5) is 14.2. The third kappa shape index (κ3) is 2.42. The summed E-state index contributed by atoms with van der Waals surface area (Å²) in [6.07, 6.45) is 3.37. The van der Waals surface area contributed by atoms with E-state index in [0.717, 1.165) is 18.4 Å². The van der Waals surface area contributed by atoms with Gasteiger partial charge in [0.05, 0.1) is 12.4 Å². The van der Waals surface area contributed by atoms with Gasteiger partial charge in [0.15, 0.2) is 5.76 Å². The van der Waals surface area contributed by atoms with Gasteiger partial charge >= 0.3 is 0 Å². The van der Waals surface area contributed by atoms with Gasteiger partial charge in [-0.3, -0.25) is 4.79 Å². The Hall–Kier alpha value is -1.33. The highest BCUT2D eigenvalue weighted by molar-refractivity contribution is 5.93. The summed E-state index contributed by atoms with van der Waals surface area (Å²) in [6.45, 7) is 2.99. The number of furan rings is 1. The number of ether oxygens (including phenoxy) is 1. The Morgan fingerprint density at radius 3 is 3.00 bits per heavy atom. The quantitative estimate of drug-likeness (QED) is 0.876. The summed E-state index contributed by atoms with van der Waals surface area (Å²) in [5, 5.41) is 0. The molecule has 0 aromatic carbocycles. The van der Waals surface area contributed by atoms with Gasteiger partial charge in [-0.15, -0.1) is 0 Å². The van der Waals surface area contributed by atoms with Crippen molar-refractivity contribution >= 4 is 5.91 Å². The number of nitrogens with zero attached hydrogens (tertiary/aromatic N) is 1. The molecule has 18 heavy (non-hydrogen) atoms. The molecule has 0 radical (unpaired) electrons. The van der Waals surface area contributed by atoms with Crippen molar-refractivity contribution in [2.75, 3.05) is 20.2 Å². The molecule has 1 aliphatic rings. The van der Waals surface area contributed by atoms with Crippen LogP contribution in [0.3, 0.4) is 0 Å². The Labute approximate surface area is 107 Å².